The van der Waals surface area contributed by atoms with E-state index in [-0.39, 0.29) is 12.6 Å². The van der Waals surface area contributed by atoms with Crippen molar-refractivity contribution in [2.75, 3.05) is 27.4 Å². The molecule has 0 radical (unpaired) electrons. The fourth-order valence-corrected chi connectivity index (χ4v) is 4.06. The van der Waals surface area contributed by atoms with Gasteiger partial charge >= 0.3 is 12.0 Å². The fraction of sp³-hybridized carbons (Fsp3) is 0.385. The quantitative estimate of drug-likeness (QED) is 0.386. The number of carbonyl (C=O) groups is 2. The first-order valence-corrected chi connectivity index (χ1v) is 11.3. The minimum atomic E-state index is -0.702. The molecule has 8 heteroatoms. The van der Waals surface area contributed by atoms with Crippen molar-refractivity contribution in [2.45, 2.75) is 33.2 Å². The summed E-state index contributed by atoms with van der Waals surface area (Å²) < 4.78 is 16.0. The topological polar surface area (TPSA) is 97.9 Å². The maximum atomic E-state index is 13.0. The van der Waals surface area contributed by atoms with Gasteiger partial charge in [0.1, 0.15) is 5.92 Å². The van der Waals surface area contributed by atoms with Crippen LogP contribution in [0.1, 0.15) is 35.2 Å². The molecule has 0 saturated carbocycles. The predicted octanol–water partition coefficient (Wildman–Crippen LogP) is 3.53. The van der Waals surface area contributed by atoms with Crippen molar-refractivity contribution in [3.05, 3.63) is 70.5 Å². The van der Waals surface area contributed by atoms with Gasteiger partial charge in [-0.25, -0.2) is 4.79 Å². The third kappa shape index (κ3) is 5.81. The Morgan fingerprint density at radius 2 is 1.85 bits per heavy atom. The number of amides is 2. The lowest BCUT2D eigenvalue weighted by molar-refractivity contribution is -0.147. The van der Waals surface area contributed by atoms with E-state index in [1.807, 2.05) is 50.2 Å². The molecule has 2 aromatic rings. The molecule has 3 N–H and O–H groups in total. The number of rotatable bonds is 9. The number of hydrogen-bond donors (Lipinski definition) is 3. The van der Waals surface area contributed by atoms with Gasteiger partial charge in [-0.05, 0) is 56.0 Å². The summed E-state index contributed by atoms with van der Waals surface area (Å²) in [6, 6.07) is 10.9. The van der Waals surface area contributed by atoms with Gasteiger partial charge in [-0.1, -0.05) is 29.8 Å². The standard InChI is InChI=1S/C26H33N3O5/c1-6-34-25(30)23-20(15-27-12-11-18-9-10-21(32-4)22(14-18)33-5)28-26(31)29-24(23)19-13-16(2)7-8-17(19)3/h7-10,13-15,23-24,27H,6,11-12H2,1-5H3,(H2,28,29,31)/b20-15+/t23-,24+/m0/s1. The molecule has 1 heterocycles. The highest BCUT2D eigenvalue weighted by molar-refractivity contribution is 5.85. The summed E-state index contributed by atoms with van der Waals surface area (Å²) >= 11 is 0. The Balaban J connectivity index is 1.80. The van der Waals surface area contributed by atoms with Crippen LogP contribution in [0.25, 0.3) is 0 Å². The second kappa shape index (κ2) is 11.4. The number of urea groups is 1. The van der Waals surface area contributed by atoms with Crippen LogP contribution in [0.4, 0.5) is 4.79 Å². The van der Waals surface area contributed by atoms with Crippen LogP contribution in [0, 0.1) is 19.8 Å². The largest absolute Gasteiger partial charge is 0.493 e. The number of aryl methyl sites for hydroxylation is 2. The molecule has 2 atom stereocenters. The lowest BCUT2D eigenvalue weighted by Gasteiger charge is -2.34. The summed E-state index contributed by atoms with van der Waals surface area (Å²) in [5, 5.41) is 8.93. The van der Waals surface area contributed by atoms with Gasteiger partial charge in [0.05, 0.1) is 32.6 Å². The Bertz CT molecular complexity index is 1070. The molecule has 2 aromatic carbocycles. The molecule has 0 bridgehead atoms. The smallest absolute Gasteiger partial charge is 0.319 e. The minimum Gasteiger partial charge on any atom is -0.493 e. The van der Waals surface area contributed by atoms with E-state index in [9.17, 15) is 9.59 Å². The monoisotopic (exact) mass is 467 g/mol. The van der Waals surface area contributed by atoms with Crippen LogP contribution in [0.3, 0.4) is 0 Å². The van der Waals surface area contributed by atoms with Crippen molar-refractivity contribution < 1.29 is 23.8 Å². The highest BCUT2D eigenvalue weighted by Crippen LogP contribution is 2.33. The first-order chi connectivity index (χ1) is 16.4. The molecule has 0 aliphatic carbocycles. The summed E-state index contributed by atoms with van der Waals surface area (Å²) in [5.74, 6) is 0.247. The van der Waals surface area contributed by atoms with Gasteiger partial charge in [0.25, 0.3) is 0 Å². The predicted molar refractivity (Wildman–Crippen MR) is 130 cm³/mol. The van der Waals surface area contributed by atoms with E-state index in [4.69, 9.17) is 14.2 Å². The van der Waals surface area contributed by atoms with Gasteiger partial charge in [0, 0.05) is 12.7 Å². The van der Waals surface area contributed by atoms with Crippen LogP contribution >= 0.6 is 0 Å². The summed E-state index contributed by atoms with van der Waals surface area (Å²) in [5.41, 5.74) is 4.47. The SMILES string of the molecule is CCOC(=O)[C@H]1/C(=C\NCCc2ccc(OC)c(OC)c2)NC(=O)N[C@@H]1c1cc(C)ccc1C. The number of carbonyl (C=O) groups excluding carboxylic acids is 2. The van der Waals surface area contributed by atoms with Crippen molar-refractivity contribution in [1.82, 2.24) is 16.0 Å². The van der Waals surface area contributed by atoms with E-state index in [1.54, 1.807) is 27.3 Å². The molecule has 3 rings (SSSR count). The molecule has 1 aliphatic heterocycles. The zero-order valence-corrected chi connectivity index (χ0v) is 20.4. The average Bonchev–Trinajstić information content (AvgIpc) is 2.82. The third-order valence-electron chi connectivity index (χ3n) is 5.79. The molecule has 0 spiro atoms. The van der Waals surface area contributed by atoms with Gasteiger partial charge in [0.2, 0.25) is 0 Å². The first-order valence-electron chi connectivity index (χ1n) is 11.3. The lowest BCUT2D eigenvalue weighted by atomic mass is 9.86. The Hall–Kier alpha value is -3.68. The van der Waals surface area contributed by atoms with E-state index in [0.29, 0.717) is 30.2 Å². The molecule has 1 aliphatic rings. The highest BCUT2D eigenvalue weighted by atomic mass is 16.5. The van der Waals surface area contributed by atoms with Gasteiger partial charge in [-0.15, -0.1) is 0 Å². The van der Waals surface area contributed by atoms with E-state index in [1.165, 1.54) is 0 Å². The van der Waals surface area contributed by atoms with Crippen molar-refractivity contribution in [1.29, 1.82) is 0 Å². The summed E-state index contributed by atoms with van der Waals surface area (Å²) in [6.45, 7) is 6.56. The summed E-state index contributed by atoms with van der Waals surface area (Å²) in [6.07, 6.45) is 2.40. The number of esters is 1. The first kappa shape index (κ1) is 25.0. The Kier molecular flexibility index (Phi) is 8.40. The fourth-order valence-electron chi connectivity index (χ4n) is 4.06. The van der Waals surface area contributed by atoms with Gasteiger partial charge in [-0.2, -0.15) is 0 Å². The molecule has 1 saturated heterocycles. The second-order valence-corrected chi connectivity index (χ2v) is 8.16. The van der Waals surface area contributed by atoms with Crippen LogP contribution in [0.2, 0.25) is 0 Å². The minimum absolute atomic E-state index is 0.253. The molecule has 8 nitrogen and oxygen atoms in total. The number of nitrogens with one attached hydrogen (secondary N) is 3. The Morgan fingerprint density at radius 1 is 1.09 bits per heavy atom. The van der Waals surface area contributed by atoms with Crippen molar-refractivity contribution in [3.8, 4) is 11.5 Å². The second-order valence-electron chi connectivity index (χ2n) is 8.16. The number of benzene rings is 2. The number of ether oxygens (including phenoxy) is 3. The number of hydrogen-bond acceptors (Lipinski definition) is 6. The maximum absolute atomic E-state index is 13.0. The van der Waals surface area contributed by atoms with Crippen LogP contribution in [0.15, 0.2) is 48.3 Å². The molecule has 1 fully saturated rings. The van der Waals surface area contributed by atoms with E-state index in [0.717, 1.165) is 22.3 Å². The molecule has 182 valence electrons. The normalized spacial score (nSPS) is 18.6. The summed E-state index contributed by atoms with van der Waals surface area (Å²) in [7, 11) is 3.20. The van der Waals surface area contributed by atoms with E-state index in [2.05, 4.69) is 16.0 Å². The van der Waals surface area contributed by atoms with E-state index < -0.39 is 17.9 Å². The van der Waals surface area contributed by atoms with Crippen molar-refractivity contribution in [2.24, 2.45) is 5.92 Å². The van der Waals surface area contributed by atoms with E-state index >= 15 is 0 Å². The molecular weight excluding hydrogens is 434 g/mol. The Labute approximate surface area is 200 Å². The molecule has 0 unspecified atom stereocenters. The van der Waals surface area contributed by atoms with Gasteiger partial charge in [0.15, 0.2) is 11.5 Å². The van der Waals surface area contributed by atoms with Crippen LogP contribution in [-0.4, -0.2) is 39.4 Å². The van der Waals surface area contributed by atoms with Crippen molar-refractivity contribution in [3.63, 3.8) is 0 Å². The lowest BCUT2D eigenvalue weighted by Crippen LogP contribution is -2.52. The van der Waals surface area contributed by atoms with Crippen LogP contribution in [0.5, 0.6) is 11.5 Å². The summed E-state index contributed by atoms with van der Waals surface area (Å²) in [4.78, 5) is 25.5. The Morgan fingerprint density at radius 3 is 2.56 bits per heavy atom. The van der Waals surface area contributed by atoms with Crippen LogP contribution < -0.4 is 25.4 Å². The van der Waals surface area contributed by atoms with Crippen LogP contribution in [-0.2, 0) is 16.0 Å². The van der Waals surface area contributed by atoms with Gasteiger partial charge < -0.3 is 30.2 Å². The van der Waals surface area contributed by atoms with Gasteiger partial charge in [-0.3, -0.25) is 4.79 Å². The molecule has 34 heavy (non-hydrogen) atoms. The zero-order valence-electron chi connectivity index (χ0n) is 20.4. The third-order valence-corrected chi connectivity index (χ3v) is 5.79. The number of methoxy groups -OCH3 is 2. The zero-order chi connectivity index (χ0) is 24.7. The highest BCUT2D eigenvalue weighted by Gasteiger charge is 2.40. The molecular formula is C26H33N3O5. The molecule has 2 amide bonds. The molecule has 0 aromatic heterocycles. The van der Waals surface area contributed by atoms with Crippen molar-refractivity contribution >= 4 is 12.0 Å². The maximum Gasteiger partial charge on any atom is 0.319 e. The average molecular weight is 468 g/mol.